The normalized spacial score (nSPS) is 17.1. The van der Waals surface area contributed by atoms with Crippen molar-refractivity contribution in [3.63, 3.8) is 0 Å². The van der Waals surface area contributed by atoms with Crippen LogP contribution in [0.1, 0.15) is 6.17 Å². The fraction of sp³-hybridized carbons (Fsp3) is 0.0435. The summed E-state index contributed by atoms with van der Waals surface area (Å²) in [6, 6.07) is 22.0. The minimum atomic E-state index is 0.0875. The first kappa shape index (κ1) is 15.5. The zero-order valence-corrected chi connectivity index (χ0v) is 16.7. The largest absolute Gasteiger partial charge is 0.367 e. The van der Waals surface area contributed by atoms with Gasteiger partial charge in [-0.25, -0.2) is 0 Å². The smallest absolute Gasteiger partial charge is 0.123 e. The van der Waals surface area contributed by atoms with Crippen LogP contribution in [0.15, 0.2) is 83.5 Å². The summed E-state index contributed by atoms with van der Waals surface area (Å²) in [4.78, 5) is 0. The summed E-state index contributed by atoms with van der Waals surface area (Å²) in [6.45, 7) is 0. The molecule has 0 saturated heterocycles. The van der Waals surface area contributed by atoms with Crippen molar-refractivity contribution in [3.8, 4) is 0 Å². The van der Waals surface area contributed by atoms with Crippen LogP contribution in [0.5, 0.6) is 0 Å². The molecule has 0 bridgehead atoms. The van der Waals surface area contributed by atoms with Gasteiger partial charge >= 0.3 is 0 Å². The molecule has 1 atom stereocenters. The molecule has 3 heterocycles. The van der Waals surface area contributed by atoms with E-state index in [9.17, 15) is 0 Å². The van der Waals surface area contributed by atoms with Crippen LogP contribution in [0.4, 0.5) is 0 Å². The molecular weight excluding hydrogens is 416 g/mol. The van der Waals surface area contributed by atoms with Crippen LogP contribution >= 0.6 is 27.3 Å². The predicted octanol–water partition coefficient (Wildman–Crippen LogP) is 7.06. The summed E-state index contributed by atoms with van der Waals surface area (Å²) in [7, 11) is 0. The standard InChI is InChI=1S/C23H15BrN2S/c24-14-9-12-21(25-13-14)26-19-7-3-1-5-15(19)17-10-11-18-16-6-2-4-8-20(16)27-23(18)22(17)26/h1-13,21,25H. The number of fused-ring (bicyclic) bond motifs is 7. The summed E-state index contributed by atoms with van der Waals surface area (Å²) in [5.74, 6) is 0. The first-order chi connectivity index (χ1) is 13.3. The van der Waals surface area contributed by atoms with E-state index in [1.54, 1.807) is 0 Å². The van der Waals surface area contributed by atoms with Crippen molar-refractivity contribution in [1.29, 1.82) is 0 Å². The molecule has 130 valence electrons. The second-order valence-electron chi connectivity index (χ2n) is 6.82. The lowest BCUT2D eigenvalue weighted by Crippen LogP contribution is -2.22. The lowest BCUT2D eigenvalue weighted by molar-refractivity contribution is 0.578. The molecule has 3 aromatic carbocycles. The molecule has 2 aromatic heterocycles. The third kappa shape index (κ3) is 2.17. The summed E-state index contributed by atoms with van der Waals surface area (Å²) < 4.78 is 6.20. The van der Waals surface area contributed by atoms with E-state index in [2.05, 4.69) is 98.6 Å². The Hall–Kier alpha value is -2.56. The van der Waals surface area contributed by atoms with E-state index in [4.69, 9.17) is 0 Å². The molecule has 27 heavy (non-hydrogen) atoms. The Balaban J connectivity index is 1.81. The first-order valence-electron chi connectivity index (χ1n) is 8.94. The van der Waals surface area contributed by atoms with E-state index < -0.39 is 0 Å². The van der Waals surface area contributed by atoms with Gasteiger partial charge in [0.25, 0.3) is 0 Å². The van der Waals surface area contributed by atoms with Crippen LogP contribution in [-0.2, 0) is 0 Å². The van der Waals surface area contributed by atoms with Gasteiger partial charge in [-0.2, -0.15) is 0 Å². The third-order valence-electron chi connectivity index (χ3n) is 5.32. The predicted molar refractivity (Wildman–Crippen MR) is 121 cm³/mol. The Bertz CT molecular complexity index is 1420. The number of para-hydroxylation sites is 1. The van der Waals surface area contributed by atoms with E-state index in [0.717, 1.165) is 4.48 Å². The Kier molecular flexibility index (Phi) is 3.28. The highest BCUT2D eigenvalue weighted by Crippen LogP contribution is 2.42. The van der Waals surface area contributed by atoms with E-state index in [0.29, 0.717) is 0 Å². The monoisotopic (exact) mass is 430 g/mol. The third-order valence-corrected chi connectivity index (χ3v) is 7.01. The highest BCUT2D eigenvalue weighted by molar-refractivity contribution is 9.11. The number of dihydropyridines is 1. The molecule has 1 aliphatic heterocycles. The number of hydrogen-bond acceptors (Lipinski definition) is 2. The van der Waals surface area contributed by atoms with Crippen LogP contribution in [0.3, 0.4) is 0 Å². The van der Waals surface area contributed by atoms with E-state index in [1.165, 1.54) is 42.0 Å². The number of rotatable bonds is 1. The summed E-state index contributed by atoms with van der Waals surface area (Å²) in [6.07, 6.45) is 6.44. The molecule has 6 rings (SSSR count). The molecule has 1 N–H and O–H groups in total. The van der Waals surface area contributed by atoms with Gasteiger partial charge in [0.05, 0.1) is 15.7 Å². The van der Waals surface area contributed by atoms with Crippen LogP contribution < -0.4 is 5.32 Å². The number of aromatic nitrogens is 1. The van der Waals surface area contributed by atoms with E-state index in [1.807, 2.05) is 17.5 Å². The fourth-order valence-corrected chi connectivity index (χ4v) is 5.70. The zero-order valence-electron chi connectivity index (χ0n) is 14.3. The first-order valence-corrected chi connectivity index (χ1v) is 10.5. The number of benzene rings is 3. The molecule has 1 aliphatic rings. The lowest BCUT2D eigenvalue weighted by atomic mass is 10.1. The van der Waals surface area contributed by atoms with Crippen molar-refractivity contribution in [1.82, 2.24) is 9.88 Å². The maximum atomic E-state index is 3.55. The Morgan fingerprint density at radius 3 is 2.48 bits per heavy atom. The molecule has 0 aliphatic carbocycles. The Morgan fingerprint density at radius 1 is 0.852 bits per heavy atom. The van der Waals surface area contributed by atoms with Gasteiger partial charge < -0.3 is 9.88 Å². The number of nitrogens with zero attached hydrogens (tertiary/aromatic N) is 1. The van der Waals surface area contributed by atoms with Gasteiger partial charge in [-0.15, -0.1) is 11.3 Å². The summed E-state index contributed by atoms with van der Waals surface area (Å²) in [5.41, 5.74) is 2.56. The van der Waals surface area contributed by atoms with Gasteiger partial charge in [0.15, 0.2) is 0 Å². The molecule has 1 unspecified atom stereocenters. The van der Waals surface area contributed by atoms with Crippen LogP contribution in [-0.4, -0.2) is 4.57 Å². The highest BCUT2D eigenvalue weighted by atomic mass is 79.9. The number of allylic oxidation sites excluding steroid dienone is 2. The second-order valence-corrected chi connectivity index (χ2v) is 8.79. The van der Waals surface area contributed by atoms with Crippen molar-refractivity contribution in [2.75, 3.05) is 0 Å². The van der Waals surface area contributed by atoms with Gasteiger partial charge in [-0.05, 0) is 40.2 Å². The van der Waals surface area contributed by atoms with Crippen molar-refractivity contribution in [2.45, 2.75) is 6.17 Å². The van der Waals surface area contributed by atoms with Crippen molar-refractivity contribution < 1.29 is 0 Å². The zero-order chi connectivity index (χ0) is 18.0. The van der Waals surface area contributed by atoms with Gasteiger partial charge in [0.2, 0.25) is 0 Å². The minimum absolute atomic E-state index is 0.0875. The van der Waals surface area contributed by atoms with Crippen LogP contribution in [0.25, 0.3) is 42.0 Å². The topological polar surface area (TPSA) is 17.0 Å². The summed E-state index contributed by atoms with van der Waals surface area (Å²) >= 11 is 5.43. The van der Waals surface area contributed by atoms with E-state index in [-0.39, 0.29) is 6.17 Å². The van der Waals surface area contributed by atoms with Crippen LogP contribution in [0.2, 0.25) is 0 Å². The van der Waals surface area contributed by atoms with Crippen molar-refractivity contribution in [2.24, 2.45) is 0 Å². The highest BCUT2D eigenvalue weighted by Gasteiger charge is 2.20. The molecule has 0 fully saturated rings. The SMILES string of the molecule is BrC1=CNC(n2c3ccccc3c3ccc4c5ccccc5sc4c32)C=C1. The van der Waals surface area contributed by atoms with Gasteiger partial charge in [0.1, 0.15) is 6.17 Å². The second kappa shape index (κ2) is 5.72. The molecule has 0 saturated carbocycles. The molecule has 5 aromatic rings. The number of thiophene rings is 1. The van der Waals surface area contributed by atoms with E-state index >= 15 is 0 Å². The quantitative estimate of drug-likeness (QED) is 0.301. The average molecular weight is 431 g/mol. The molecule has 0 spiro atoms. The van der Waals surface area contributed by atoms with Crippen molar-refractivity contribution in [3.05, 3.63) is 83.5 Å². The minimum Gasteiger partial charge on any atom is -0.367 e. The Labute approximate surface area is 168 Å². The van der Waals surface area contributed by atoms with Gasteiger partial charge in [-0.1, -0.05) is 48.5 Å². The molecular formula is C23H15BrN2S. The molecule has 0 radical (unpaired) electrons. The molecule has 2 nitrogen and oxygen atoms in total. The van der Waals surface area contributed by atoms with Gasteiger partial charge in [0, 0.05) is 36.9 Å². The fourth-order valence-electron chi connectivity index (χ4n) is 4.16. The number of halogens is 1. The average Bonchev–Trinajstić information content (AvgIpc) is 3.24. The maximum Gasteiger partial charge on any atom is 0.123 e. The van der Waals surface area contributed by atoms with Gasteiger partial charge in [-0.3, -0.25) is 0 Å². The number of nitrogens with one attached hydrogen (secondary N) is 1. The number of hydrogen-bond donors (Lipinski definition) is 1. The van der Waals surface area contributed by atoms with Crippen molar-refractivity contribution >= 4 is 69.2 Å². The molecule has 0 amide bonds. The Morgan fingerprint density at radius 2 is 1.63 bits per heavy atom. The van der Waals surface area contributed by atoms with Crippen LogP contribution in [0, 0.1) is 0 Å². The molecule has 4 heteroatoms. The summed E-state index contributed by atoms with van der Waals surface area (Å²) in [5, 5.41) is 8.82. The maximum absolute atomic E-state index is 3.55. The lowest BCUT2D eigenvalue weighted by Gasteiger charge is -2.21.